The summed E-state index contributed by atoms with van der Waals surface area (Å²) in [4.78, 5) is 24.7. The Morgan fingerprint density at radius 3 is 2.44 bits per heavy atom. The number of amides is 2. The van der Waals surface area contributed by atoms with Gasteiger partial charge in [0, 0.05) is 25.3 Å². The molecule has 1 unspecified atom stereocenters. The topological polar surface area (TPSA) is 75.4 Å². The maximum absolute atomic E-state index is 13.1. The van der Waals surface area contributed by atoms with Crippen molar-refractivity contribution in [3.8, 4) is 0 Å². The molecular formula is C12H16FN3O2. The van der Waals surface area contributed by atoms with Crippen LogP contribution in [-0.4, -0.2) is 36.9 Å². The van der Waals surface area contributed by atoms with E-state index in [1.165, 1.54) is 11.0 Å². The minimum atomic E-state index is -0.683. The van der Waals surface area contributed by atoms with Crippen LogP contribution in [0, 0.1) is 5.82 Å². The fraction of sp³-hybridized carbons (Fsp3) is 0.333. The molecule has 1 aromatic carbocycles. The molecule has 18 heavy (non-hydrogen) atoms. The predicted molar refractivity (Wildman–Crippen MR) is 66.4 cm³/mol. The number of likely N-dealkylation sites (N-methyl/N-ethyl adjacent to an activating group) is 1. The van der Waals surface area contributed by atoms with E-state index in [4.69, 9.17) is 5.73 Å². The van der Waals surface area contributed by atoms with E-state index >= 15 is 0 Å². The van der Waals surface area contributed by atoms with Crippen molar-refractivity contribution in [2.75, 3.05) is 19.8 Å². The summed E-state index contributed by atoms with van der Waals surface area (Å²) in [6.45, 7) is 1.56. The smallest absolute Gasteiger partial charge is 0.252 e. The number of hydrogen-bond acceptors (Lipinski definition) is 3. The van der Waals surface area contributed by atoms with E-state index in [1.807, 2.05) is 0 Å². The summed E-state index contributed by atoms with van der Waals surface area (Å²) in [7, 11) is 3.18. The molecule has 0 aliphatic rings. The highest BCUT2D eigenvalue weighted by Gasteiger charge is 2.18. The number of nitrogens with one attached hydrogen (secondary N) is 1. The van der Waals surface area contributed by atoms with Gasteiger partial charge >= 0.3 is 0 Å². The van der Waals surface area contributed by atoms with Crippen molar-refractivity contribution in [2.24, 2.45) is 0 Å². The second-order valence-corrected chi connectivity index (χ2v) is 4.20. The Kier molecular flexibility index (Phi) is 4.25. The van der Waals surface area contributed by atoms with Gasteiger partial charge in [0.15, 0.2) is 0 Å². The fourth-order valence-electron chi connectivity index (χ4n) is 1.47. The zero-order chi connectivity index (χ0) is 13.9. The van der Waals surface area contributed by atoms with E-state index in [2.05, 4.69) is 5.32 Å². The van der Waals surface area contributed by atoms with Gasteiger partial charge in [0.25, 0.3) is 5.91 Å². The van der Waals surface area contributed by atoms with Crippen LogP contribution in [0.2, 0.25) is 0 Å². The van der Waals surface area contributed by atoms with Gasteiger partial charge in [-0.05, 0) is 25.1 Å². The van der Waals surface area contributed by atoms with Crippen LogP contribution in [0.25, 0.3) is 0 Å². The van der Waals surface area contributed by atoms with Crippen LogP contribution in [0.1, 0.15) is 17.3 Å². The monoisotopic (exact) mass is 253 g/mol. The van der Waals surface area contributed by atoms with Gasteiger partial charge in [0.05, 0.1) is 0 Å². The first-order valence-corrected chi connectivity index (χ1v) is 5.39. The quantitative estimate of drug-likeness (QED) is 0.775. The molecule has 2 amide bonds. The van der Waals surface area contributed by atoms with E-state index < -0.39 is 17.8 Å². The minimum Gasteiger partial charge on any atom is -0.399 e. The summed E-state index contributed by atoms with van der Waals surface area (Å²) in [5.41, 5.74) is 5.69. The third-order valence-corrected chi connectivity index (χ3v) is 2.34. The summed E-state index contributed by atoms with van der Waals surface area (Å²) in [5, 5.41) is 2.48. The lowest BCUT2D eigenvalue weighted by atomic mass is 10.1. The van der Waals surface area contributed by atoms with Crippen molar-refractivity contribution in [3.05, 3.63) is 29.6 Å². The Balaban J connectivity index is 2.79. The zero-order valence-corrected chi connectivity index (χ0v) is 10.5. The molecule has 98 valence electrons. The molecule has 3 N–H and O–H groups in total. The molecule has 1 rings (SSSR count). The number of carbonyl (C=O) groups is 2. The van der Waals surface area contributed by atoms with Gasteiger partial charge in [-0.3, -0.25) is 9.59 Å². The first-order chi connectivity index (χ1) is 8.31. The highest BCUT2D eigenvalue weighted by Crippen LogP contribution is 2.10. The average Bonchev–Trinajstić information content (AvgIpc) is 2.26. The van der Waals surface area contributed by atoms with E-state index in [1.54, 1.807) is 21.0 Å². The van der Waals surface area contributed by atoms with Crippen molar-refractivity contribution >= 4 is 17.5 Å². The zero-order valence-electron chi connectivity index (χ0n) is 10.5. The first kappa shape index (κ1) is 14.0. The SMILES string of the molecule is CC(NC(=O)c1cc(N)cc(F)c1)C(=O)N(C)C. The largest absolute Gasteiger partial charge is 0.399 e. The van der Waals surface area contributed by atoms with E-state index in [9.17, 15) is 14.0 Å². The normalized spacial score (nSPS) is 11.8. The van der Waals surface area contributed by atoms with Crippen LogP contribution in [0.4, 0.5) is 10.1 Å². The lowest BCUT2D eigenvalue weighted by Crippen LogP contribution is -2.44. The Morgan fingerprint density at radius 2 is 1.94 bits per heavy atom. The summed E-state index contributed by atoms with van der Waals surface area (Å²) in [6.07, 6.45) is 0. The summed E-state index contributed by atoms with van der Waals surface area (Å²) in [5.74, 6) is -1.37. The summed E-state index contributed by atoms with van der Waals surface area (Å²) < 4.78 is 13.1. The minimum absolute atomic E-state index is 0.0888. The third-order valence-electron chi connectivity index (χ3n) is 2.34. The average molecular weight is 253 g/mol. The number of benzene rings is 1. The van der Waals surface area contributed by atoms with Gasteiger partial charge in [0.1, 0.15) is 11.9 Å². The lowest BCUT2D eigenvalue weighted by Gasteiger charge is -2.18. The van der Waals surface area contributed by atoms with Gasteiger partial charge in [-0.2, -0.15) is 0 Å². The van der Waals surface area contributed by atoms with E-state index in [0.29, 0.717) is 0 Å². The predicted octanol–water partition coefficient (Wildman–Crippen LogP) is 0.614. The third kappa shape index (κ3) is 3.44. The first-order valence-electron chi connectivity index (χ1n) is 5.39. The van der Waals surface area contributed by atoms with Crippen LogP contribution in [0.3, 0.4) is 0 Å². The molecule has 1 atom stereocenters. The second-order valence-electron chi connectivity index (χ2n) is 4.20. The van der Waals surface area contributed by atoms with Crippen molar-refractivity contribution < 1.29 is 14.0 Å². The van der Waals surface area contributed by atoms with E-state index in [-0.39, 0.29) is 17.2 Å². The molecule has 0 aliphatic heterocycles. The van der Waals surface area contributed by atoms with Crippen molar-refractivity contribution in [1.82, 2.24) is 10.2 Å². The van der Waals surface area contributed by atoms with Crippen molar-refractivity contribution in [3.63, 3.8) is 0 Å². The number of carbonyl (C=O) groups excluding carboxylic acids is 2. The molecule has 0 fully saturated rings. The van der Waals surface area contributed by atoms with Crippen molar-refractivity contribution in [2.45, 2.75) is 13.0 Å². The molecule has 6 heteroatoms. The molecule has 0 saturated heterocycles. The summed E-state index contributed by atoms with van der Waals surface area (Å²) >= 11 is 0. The van der Waals surface area contributed by atoms with Gasteiger partial charge in [-0.1, -0.05) is 0 Å². The number of rotatable bonds is 3. The van der Waals surface area contributed by atoms with Crippen LogP contribution in [0.15, 0.2) is 18.2 Å². The Morgan fingerprint density at radius 1 is 1.33 bits per heavy atom. The number of hydrogen-bond donors (Lipinski definition) is 2. The number of anilines is 1. The highest BCUT2D eigenvalue weighted by atomic mass is 19.1. The Hall–Kier alpha value is -2.11. The van der Waals surface area contributed by atoms with E-state index in [0.717, 1.165) is 12.1 Å². The second kappa shape index (κ2) is 5.48. The lowest BCUT2D eigenvalue weighted by molar-refractivity contribution is -0.130. The van der Waals surface area contributed by atoms with Crippen LogP contribution in [0.5, 0.6) is 0 Å². The van der Waals surface area contributed by atoms with Crippen molar-refractivity contribution in [1.29, 1.82) is 0 Å². The van der Waals surface area contributed by atoms with Gasteiger partial charge in [-0.25, -0.2) is 4.39 Å². The molecule has 0 radical (unpaired) electrons. The molecule has 0 heterocycles. The number of nitrogen functional groups attached to an aromatic ring is 1. The molecule has 0 aliphatic carbocycles. The Labute approximate surface area is 105 Å². The van der Waals surface area contributed by atoms with Gasteiger partial charge in [-0.15, -0.1) is 0 Å². The number of nitrogens with zero attached hydrogens (tertiary/aromatic N) is 1. The fourth-order valence-corrected chi connectivity index (χ4v) is 1.47. The maximum Gasteiger partial charge on any atom is 0.252 e. The molecule has 0 aromatic heterocycles. The molecule has 0 spiro atoms. The van der Waals surface area contributed by atoms with Crippen LogP contribution in [-0.2, 0) is 4.79 Å². The van der Waals surface area contributed by atoms with Gasteiger partial charge in [0.2, 0.25) is 5.91 Å². The molecular weight excluding hydrogens is 237 g/mol. The van der Waals surface area contributed by atoms with Crippen LogP contribution >= 0.6 is 0 Å². The molecule has 1 aromatic rings. The van der Waals surface area contributed by atoms with Crippen LogP contribution < -0.4 is 11.1 Å². The van der Waals surface area contributed by atoms with Gasteiger partial charge < -0.3 is 16.0 Å². The number of nitrogens with two attached hydrogens (primary N) is 1. The molecule has 5 nitrogen and oxygen atoms in total. The maximum atomic E-state index is 13.1. The highest BCUT2D eigenvalue weighted by molar-refractivity contribution is 5.98. The Bertz CT molecular complexity index is 454. The standard InChI is InChI=1S/C12H16FN3O2/c1-7(12(18)16(2)3)15-11(17)8-4-9(13)6-10(14)5-8/h4-7H,14H2,1-3H3,(H,15,17). The molecule has 0 bridgehead atoms. The summed E-state index contributed by atoms with van der Waals surface area (Å²) in [6, 6.07) is 2.85. The number of halogens is 1. The molecule has 0 saturated carbocycles.